The number of nitrogens with zero attached hydrogens (tertiary/aromatic N) is 3. The van der Waals surface area contributed by atoms with Crippen molar-refractivity contribution in [2.45, 2.75) is 18.8 Å². The third-order valence-electron chi connectivity index (χ3n) is 4.93. The number of ether oxygens (including phenoxy) is 1. The third-order valence-corrected chi connectivity index (χ3v) is 4.93. The zero-order chi connectivity index (χ0) is 18.6. The number of carbonyl (C=O) groups is 1. The van der Waals surface area contributed by atoms with E-state index in [0.717, 1.165) is 30.8 Å². The summed E-state index contributed by atoms with van der Waals surface area (Å²) in [5.74, 6) is 2.00. The summed E-state index contributed by atoms with van der Waals surface area (Å²) < 4.78 is 10.4. The maximum absolute atomic E-state index is 12.6. The number of carbonyl (C=O) groups excluding carboxylic acids is 1. The number of methoxy groups -OCH3 is 1. The standard InChI is InChI=1S/C21H21N3O3/c1-26-18-9-7-16(8-10-18)21-22-19(27-23-21)13-20(25)24-12-11-17(14-24)15-5-3-2-4-6-15/h2-10,17H,11-14H2,1H3. The van der Waals surface area contributed by atoms with Crippen LogP contribution in [0.3, 0.4) is 0 Å². The van der Waals surface area contributed by atoms with Crippen molar-refractivity contribution in [3.05, 3.63) is 66.1 Å². The maximum atomic E-state index is 12.6. The van der Waals surface area contributed by atoms with E-state index in [4.69, 9.17) is 9.26 Å². The molecule has 2 aromatic carbocycles. The van der Waals surface area contributed by atoms with Gasteiger partial charge in [0.05, 0.1) is 7.11 Å². The summed E-state index contributed by atoms with van der Waals surface area (Å²) in [6.07, 6.45) is 1.11. The normalized spacial score (nSPS) is 16.5. The number of amides is 1. The van der Waals surface area contributed by atoms with E-state index in [-0.39, 0.29) is 12.3 Å². The molecule has 1 saturated heterocycles. The SMILES string of the molecule is COc1ccc(-c2noc(CC(=O)N3CCC(c4ccccc4)C3)n2)cc1. The zero-order valence-corrected chi connectivity index (χ0v) is 15.2. The topological polar surface area (TPSA) is 68.5 Å². The van der Waals surface area contributed by atoms with Crippen LogP contribution in [0.1, 0.15) is 23.8 Å². The molecule has 27 heavy (non-hydrogen) atoms. The van der Waals surface area contributed by atoms with Crippen LogP contribution in [0.2, 0.25) is 0 Å². The highest BCUT2D eigenvalue weighted by Gasteiger charge is 2.28. The van der Waals surface area contributed by atoms with Crippen molar-refractivity contribution in [3.63, 3.8) is 0 Å². The molecule has 1 amide bonds. The lowest BCUT2D eigenvalue weighted by atomic mass is 9.99. The van der Waals surface area contributed by atoms with Crippen molar-refractivity contribution in [1.82, 2.24) is 15.0 Å². The first-order valence-electron chi connectivity index (χ1n) is 9.02. The molecule has 1 atom stereocenters. The summed E-state index contributed by atoms with van der Waals surface area (Å²) in [7, 11) is 1.62. The highest BCUT2D eigenvalue weighted by atomic mass is 16.5. The van der Waals surface area contributed by atoms with E-state index in [1.807, 2.05) is 47.4 Å². The smallest absolute Gasteiger partial charge is 0.236 e. The van der Waals surface area contributed by atoms with Crippen LogP contribution in [0.4, 0.5) is 0 Å². The van der Waals surface area contributed by atoms with Crippen LogP contribution in [0, 0.1) is 0 Å². The third kappa shape index (κ3) is 3.84. The van der Waals surface area contributed by atoms with Crippen LogP contribution in [-0.4, -0.2) is 41.1 Å². The van der Waals surface area contributed by atoms with Crippen molar-refractivity contribution in [2.75, 3.05) is 20.2 Å². The molecule has 6 heteroatoms. The first-order valence-corrected chi connectivity index (χ1v) is 9.02. The highest BCUT2D eigenvalue weighted by molar-refractivity contribution is 5.78. The Morgan fingerprint density at radius 3 is 2.70 bits per heavy atom. The van der Waals surface area contributed by atoms with Crippen LogP contribution in [-0.2, 0) is 11.2 Å². The molecule has 3 aromatic rings. The fourth-order valence-corrected chi connectivity index (χ4v) is 3.41. The molecule has 0 N–H and O–H groups in total. The minimum atomic E-state index is 0.0263. The van der Waals surface area contributed by atoms with E-state index in [9.17, 15) is 4.79 Å². The van der Waals surface area contributed by atoms with Crippen LogP contribution in [0.5, 0.6) is 5.75 Å². The molecule has 0 bridgehead atoms. The first-order chi connectivity index (χ1) is 13.2. The Labute approximate surface area is 157 Å². The lowest BCUT2D eigenvalue weighted by Gasteiger charge is -2.15. The average Bonchev–Trinajstić information content (AvgIpc) is 3.39. The van der Waals surface area contributed by atoms with Crippen LogP contribution < -0.4 is 4.74 Å². The van der Waals surface area contributed by atoms with Gasteiger partial charge in [-0.3, -0.25) is 4.79 Å². The van der Waals surface area contributed by atoms with Crippen molar-refractivity contribution in [1.29, 1.82) is 0 Å². The Bertz CT molecular complexity index is 906. The van der Waals surface area contributed by atoms with Gasteiger partial charge in [-0.05, 0) is 36.2 Å². The minimum Gasteiger partial charge on any atom is -0.497 e. The van der Waals surface area contributed by atoms with Gasteiger partial charge in [0.2, 0.25) is 17.6 Å². The molecule has 0 spiro atoms. The Kier molecular flexibility index (Phi) is 4.87. The summed E-state index contributed by atoms with van der Waals surface area (Å²) in [5.41, 5.74) is 2.11. The van der Waals surface area contributed by atoms with Gasteiger partial charge < -0.3 is 14.2 Å². The number of hydrogen-bond acceptors (Lipinski definition) is 5. The molecule has 0 saturated carbocycles. The predicted molar refractivity (Wildman–Crippen MR) is 100 cm³/mol. The number of rotatable bonds is 5. The van der Waals surface area contributed by atoms with Crippen molar-refractivity contribution < 1.29 is 14.1 Å². The van der Waals surface area contributed by atoms with Gasteiger partial charge in [-0.2, -0.15) is 4.98 Å². The molecule has 1 unspecified atom stereocenters. The van der Waals surface area contributed by atoms with E-state index in [0.29, 0.717) is 17.6 Å². The number of hydrogen-bond donors (Lipinski definition) is 0. The number of benzene rings is 2. The lowest BCUT2D eigenvalue weighted by Crippen LogP contribution is -2.30. The Morgan fingerprint density at radius 1 is 1.19 bits per heavy atom. The fourth-order valence-electron chi connectivity index (χ4n) is 3.41. The monoisotopic (exact) mass is 363 g/mol. The molecule has 0 aliphatic carbocycles. The number of aromatic nitrogens is 2. The van der Waals surface area contributed by atoms with E-state index >= 15 is 0 Å². The molecule has 138 valence electrons. The molecule has 1 fully saturated rings. The summed E-state index contributed by atoms with van der Waals surface area (Å²) >= 11 is 0. The highest BCUT2D eigenvalue weighted by Crippen LogP contribution is 2.27. The van der Waals surface area contributed by atoms with E-state index in [1.165, 1.54) is 5.56 Å². The van der Waals surface area contributed by atoms with Gasteiger partial charge in [0.15, 0.2) is 0 Å². The average molecular weight is 363 g/mol. The van der Waals surface area contributed by atoms with E-state index in [1.54, 1.807) is 7.11 Å². The van der Waals surface area contributed by atoms with Gasteiger partial charge >= 0.3 is 0 Å². The summed E-state index contributed by atoms with van der Waals surface area (Å²) in [6, 6.07) is 17.7. The van der Waals surface area contributed by atoms with Gasteiger partial charge in [0.25, 0.3) is 0 Å². The molecule has 2 heterocycles. The zero-order valence-electron chi connectivity index (χ0n) is 15.2. The van der Waals surface area contributed by atoms with Crippen LogP contribution in [0.25, 0.3) is 11.4 Å². The Hall–Kier alpha value is -3.15. The summed E-state index contributed by atoms with van der Waals surface area (Å²) in [4.78, 5) is 18.8. The van der Waals surface area contributed by atoms with Gasteiger partial charge in [0, 0.05) is 24.6 Å². The fraction of sp³-hybridized carbons (Fsp3) is 0.286. The van der Waals surface area contributed by atoms with Crippen molar-refractivity contribution >= 4 is 5.91 Å². The Morgan fingerprint density at radius 2 is 1.96 bits per heavy atom. The van der Waals surface area contributed by atoms with Crippen LogP contribution >= 0.6 is 0 Å². The summed E-state index contributed by atoms with van der Waals surface area (Å²) in [5, 5.41) is 3.99. The molecule has 4 rings (SSSR count). The lowest BCUT2D eigenvalue weighted by molar-refractivity contribution is -0.129. The molecule has 0 radical (unpaired) electrons. The molecule has 1 aliphatic rings. The minimum absolute atomic E-state index is 0.0263. The summed E-state index contributed by atoms with van der Waals surface area (Å²) in [6.45, 7) is 1.50. The largest absolute Gasteiger partial charge is 0.497 e. The molecule has 6 nitrogen and oxygen atoms in total. The van der Waals surface area contributed by atoms with Gasteiger partial charge in [-0.25, -0.2) is 0 Å². The molecule has 1 aromatic heterocycles. The molecular weight excluding hydrogens is 342 g/mol. The molecule has 1 aliphatic heterocycles. The van der Waals surface area contributed by atoms with Gasteiger partial charge in [0.1, 0.15) is 12.2 Å². The van der Waals surface area contributed by atoms with Crippen molar-refractivity contribution in [2.24, 2.45) is 0 Å². The predicted octanol–water partition coefficient (Wildman–Crippen LogP) is 3.30. The second-order valence-electron chi connectivity index (χ2n) is 6.65. The maximum Gasteiger partial charge on any atom is 0.236 e. The van der Waals surface area contributed by atoms with Crippen molar-refractivity contribution in [3.8, 4) is 17.1 Å². The second-order valence-corrected chi connectivity index (χ2v) is 6.65. The number of likely N-dealkylation sites (tertiary alicyclic amines) is 1. The quantitative estimate of drug-likeness (QED) is 0.696. The first kappa shape index (κ1) is 17.3. The van der Waals surface area contributed by atoms with Crippen LogP contribution in [0.15, 0.2) is 59.1 Å². The van der Waals surface area contributed by atoms with E-state index < -0.39 is 0 Å². The molecular formula is C21H21N3O3. The van der Waals surface area contributed by atoms with Gasteiger partial charge in [-0.1, -0.05) is 35.5 Å². The second kappa shape index (κ2) is 7.61. The van der Waals surface area contributed by atoms with E-state index in [2.05, 4.69) is 22.3 Å². The van der Waals surface area contributed by atoms with Gasteiger partial charge in [-0.15, -0.1) is 0 Å². The Balaban J connectivity index is 1.38.